The summed E-state index contributed by atoms with van der Waals surface area (Å²) in [6.45, 7) is -1.75. The van der Waals surface area contributed by atoms with Gasteiger partial charge in [-0.15, -0.1) is 9.40 Å². The number of likely N-dealkylation sites (N-methyl/N-ethyl adjacent to an activating group) is 1. The van der Waals surface area contributed by atoms with Crippen LogP contribution in [0.2, 0.25) is 0 Å². The van der Waals surface area contributed by atoms with E-state index in [-0.39, 0.29) is 75.1 Å². The maximum absolute atomic E-state index is 17.7. The van der Waals surface area contributed by atoms with Crippen LogP contribution in [0.5, 0.6) is 0 Å². The second kappa shape index (κ2) is 29.4. The van der Waals surface area contributed by atoms with Gasteiger partial charge in [0.15, 0.2) is 11.4 Å². The Labute approximate surface area is 466 Å². The number of hydrogen-bond donors (Lipinski definition) is 5. The number of unbranched alkanes of at least 4 members (excludes halogenated alkanes) is 3. The van der Waals surface area contributed by atoms with Gasteiger partial charge in [0, 0.05) is 86.2 Å². The maximum Gasteiger partial charge on any atom is 0.737 e. The number of fused-ring (bicyclic) bond motifs is 2. The lowest BCUT2D eigenvalue weighted by Crippen LogP contribution is -2.55. The zero-order chi connectivity index (χ0) is 58.1. The highest BCUT2D eigenvalue weighted by atomic mass is 32.2. The third-order valence-corrected chi connectivity index (χ3v) is 15.1. The second-order valence-electron chi connectivity index (χ2n) is 22.4. The molecule has 0 saturated carbocycles. The van der Waals surface area contributed by atoms with Crippen molar-refractivity contribution in [3.8, 4) is 0 Å². The first-order chi connectivity index (χ1) is 37.2. The summed E-state index contributed by atoms with van der Waals surface area (Å²) in [5, 5.41) is 21.5. The Kier molecular flexibility index (Phi) is 24.0. The first-order valence-electron chi connectivity index (χ1n) is 26.9. The van der Waals surface area contributed by atoms with Crippen LogP contribution in [0.4, 0.5) is 8.63 Å². The van der Waals surface area contributed by atoms with Crippen molar-refractivity contribution in [1.29, 1.82) is 0 Å². The quantitative estimate of drug-likeness (QED) is 0.00960. The van der Waals surface area contributed by atoms with Crippen LogP contribution >= 0.6 is 12.0 Å². The molecule has 1 aromatic carbocycles. The maximum atomic E-state index is 17.7. The molecular weight excluding hydrogens is 1070 g/mol. The number of benzene rings is 1. The molecule has 1 fully saturated rings. The van der Waals surface area contributed by atoms with Gasteiger partial charge in [0.05, 0.1) is 66.9 Å². The first-order valence-corrected chi connectivity index (χ1v) is 29.4. The smallest absolute Gasteiger partial charge is 0.394 e. The standard InChI is InChI=1S/C52H78BF2N9O13S2/c1-59(29-14-9-12-23-50(68)75-62-48(66)26-27-49(62)67)30-28-56-51(69)42(22-13-15-31-63(2,3)4)58-52(70)43(37-78-77-76-71)57-47(65)25-24-41-34-39(21-17-33-79(72,73)74)45-36-46-40(20-16-32-64(5,6)7)35-44(38-18-10-8-11-19-38)61(46)53(54,55)60(41)45/h8,10-11,18-19,34-36,42-43H,9,12-17,20-33,37H2,1-7H3,(H3-2,56,57,58,65,69,70,71,72,73,74)/p+2. The SMILES string of the molecule is CN(CCCCCC(=O)ON1C(=O)CCC1=O)CCNC(=O)C(CCCC[N+](C)(C)C)NC(=O)C(CSOOO)NC(=O)CCc1cc(CCCS(=O)(=O)O)c2n1[B-](F)(F)[N+]1=C(c3ccccc3)C=C(CCC[N+](C)(C)C)C1=C2. The molecule has 27 heteroatoms. The average molecular weight is 1150 g/mol. The van der Waals surface area contributed by atoms with Crippen molar-refractivity contribution in [2.75, 3.05) is 93.6 Å². The van der Waals surface area contributed by atoms with Crippen molar-refractivity contribution >= 4 is 76.4 Å². The lowest BCUT2D eigenvalue weighted by atomic mass is 9.88. The molecule has 22 nitrogen and oxygen atoms in total. The highest BCUT2D eigenvalue weighted by Gasteiger charge is 2.54. The molecule has 0 radical (unpaired) electrons. The molecule has 0 aliphatic carbocycles. The van der Waals surface area contributed by atoms with Crippen LogP contribution in [-0.2, 0) is 65.9 Å². The minimum Gasteiger partial charge on any atom is -0.394 e. The number of nitrogens with zero attached hydrogens (tertiary/aromatic N) is 6. The predicted octanol–water partition coefficient (Wildman–Crippen LogP) is 3.88. The van der Waals surface area contributed by atoms with Crippen molar-refractivity contribution in [2.24, 2.45) is 0 Å². The molecule has 5 amide bonds. The Bertz CT molecular complexity index is 2680. The molecule has 2 unspecified atom stereocenters. The first kappa shape index (κ1) is 64.4. The van der Waals surface area contributed by atoms with E-state index in [4.69, 9.17) is 10.1 Å². The summed E-state index contributed by atoms with van der Waals surface area (Å²) in [7, 11) is 9.79. The van der Waals surface area contributed by atoms with Crippen molar-refractivity contribution in [3.63, 3.8) is 0 Å². The molecule has 1 saturated heterocycles. The fourth-order valence-corrected chi connectivity index (χ4v) is 10.6. The molecule has 79 heavy (non-hydrogen) atoms. The Morgan fingerprint density at radius 3 is 2.18 bits per heavy atom. The highest BCUT2D eigenvalue weighted by molar-refractivity contribution is 7.94. The summed E-state index contributed by atoms with van der Waals surface area (Å²) in [5.41, 5.74) is 2.58. The normalized spacial score (nSPS) is 16.1. The van der Waals surface area contributed by atoms with Gasteiger partial charge >= 0.3 is 12.9 Å². The summed E-state index contributed by atoms with van der Waals surface area (Å²) in [6, 6.07) is 8.00. The van der Waals surface area contributed by atoms with Gasteiger partial charge in [-0.1, -0.05) is 29.7 Å². The van der Waals surface area contributed by atoms with Crippen molar-refractivity contribution in [1.82, 2.24) is 30.4 Å². The number of amides is 5. The largest absolute Gasteiger partial charge is 0.737 e. The number of nitrogens with one attached hydrogen (secondary N) is 3. The van der Waals surface area contributed by atoms with Crippen molar-refractivity contribution < 1.29 is 83.3 Å². The lowest BCUT2D eigenvalue weighted by Gasteiger charge is -2.32. The monoisotopic (exact) mass is 1150 g/mol. The van der Waals surface area contributed by atoms with Gasteiger partial charge in [-0.25, -0.2) is 10.1 Å². The molecule has 4 heterocycles. The van der Waals surface area contributed by atoms with Crippen LogP contribution in [0, 0.1) is 0 Å². The number of hydrogen-bond acceptors (Lipinski definition) is 14. The second-order valence-corrected chi connectivity index (χ2v) is 24.7. The number of aromatic nitrogens is 1. The molecule has 2 aromatic rings. The molecule has 1 aromatic heterocycles. The third-order valence-electron chi connectivity index (χ3n) is 13.7. The van der Waals surface area contributed by atoms with Crippen molar-refractivity contribution in [3.05, 3.63) is 76.3 Å². The zero-order valence-corrected chi connectivity index (χ0v) is 48.2. The average Bonchev–Trinajstić information content (AvgIpc) is 4.20. The number of allylic oxidation sites excluding steroid dienone is 2. The number of rotatable bonds is 35. The van der Waals surface area contributed by atoms with Crippen LogP contribution in [0.1, 0.15) is 106 Å². The Morgan fingerprint density at radius 1 is 0.835 bits per heavy atom. The molecule has 3 aliphatic heterocycles. The van der Waals surface area contributed by atoms with Crippen LogP contribution in [0.15, 0.2) is 53.7 Å². The fraction of sp³-hybridized carbons (Fsp3) is 0.596. The number of carbonyl (C=O) groups is 6. The number of aryl methyl sites for hydroxylation is 2. The van der Waals surface area contributed by atoms with Crippen molar-refractivity contribution in [2.45, 2.75) is 108 Å². The van der Waals surface area contributed by atoms with Crippen LogP contribution in [-0.4, -0.2) is 200 Å². The number of hydroxylamine groups is 2. The minimum absolute atomic E-state index is 0.0164. The van der Waals surface area contributed by atoms with E-state index in [0.29, 0.717) is 100 Å². The molecule has 438 valence electrons. The van der Waals surface area contributed by atoms with E-state index in [1.807, 2.05) is 33.1 Å². The predicted molar refractivity (Wildman–Crippen MR) is 294 cm³/mol. The van der Waals surface area contributed by atoms with Gasteiger partial charge in [-0.05, 0) is 101 Å². The summed E-state index contributed by atoms with van der Waals surface area (Å²) in [5.74, 6) is -4.56. The molecule has 0 bridgehead atoms. The van der Waals surface area contributed by atoms with Gasteiger partial charge in [0.2, 0.25) is 17.7 Å². The van der Waals surface area contributed by atoms with Gasteiger partial charge in [0.25, 0.3) is 21.9 Å². The number of carbonyl (C=O) groups excluding carboxylic acids is 6. The molecule has 2 atom stereocenters. The highest BCUT2D eigenvalue weighted by Crippen LogP contribution is 2.40. The summed E-state index contributed by atoms with van der Waals surface area (Å²) in [4.78, 5) is 84.2. The van der Waals surface area contributed by atoms with Crippen LogP contribution in [0.25, 0.3) is 6.08 Å². The molecular formula is C52H80BF2N9O13S2+2. The van der Waals surface area contributed by atoms with E-state index in [9.17, 15) is 41.7 Å². The van der Waals surface area contributed by atoms with E-state index in [1.165, 1.54) is 6.07 Å². The summed E-state index contributed by atoms with van der Waals surface area (Å²) in [6.07, 6.45) is 7.54. The van der Waals surface area contributed by atoms with Crippen LogP contribution < -0.4 is 16.0 Å². The summed E-state index contributed by atoms with van der Waals surface area (Å²) < 4.78 is 76.3. The fourth-order valence-electron chi connectivity index (χ4n) is 9.65. The van der Waals surface area contributed by atoms with E-state index in [2.05, 4.69) is 46.5 Å². The number of quaternary nitrogens is 2. The Morgan fingerprint density at radius 2 is 1.52 bits per heavy atom. The zero-order valence-electron chi connectivity index (χ0n) is 46.5. The third kappa shape index (κ3) is 20.3. The van der Waals surface area contributed by atoms with Gasteiger partial charge in [-0.3, -0.25) is 28.5 Å². The Hall–Kier alpha value is -5.39. The molecule has 5 rings (SSSR count). The molecule has 3 aliphatic rings. The van der Waals surface area contributed by atoms with E-state index in [0.717, 1.165) is 34.0 Å². The molecule has 5 N–H and O–H groups in total. The van der Waals surface area contributed by atoms with E-state index >= 15 is 8.63 Å². The van der Waals surface area contributed by atoms with E-state index < -0.39 is 70.4 Å². The minimum atomic E-state index is -4.63. The van der Waals surface area contributed by atoms with Crippen LogP contribution in [0.3, 0.4) is 0 Å². The van der Waals surface area contributed by atoms with Gasteiger partial charge < -0.3 is 52.2 Å². The Balaban J connectivity index is 1.28. The van der Waals surface area contributed by atoms with Gasteiger partial charge in [0.1, 0.15) is 12.1 Å². The molecule has 0 spiro atoms. The number of imide groups is 1. The van der Waals surface area contributed by atoms with E-state index in [1.54, 1.807) is 42.5 Å². The topological polar surface area (TPSA) is 255 Å². The summed E-state index contributed by atoms with van der Waals surface area (Å²) >= 11 is 0.497. The van der Waals surface area contributed by atoms with Gasteiger partial charge in [-0.2, -0.15) is 8.42 Å². The number of halogens is 2. The lowest BCUT2D eigenvalue weighted by molar-refractivity contribution is -0.870.